The highest BCUT2D eigenvalue weighted by molar-refractivity contribution is 5.21. The first kappa shape index (κ1) is 24.1. The van der Waals surface area contributed by atoms with Crippen molar-refractivity contribution in [3.05, 3.63) is 35.4 Å². The number of benzene rings is 1. The molecule has 3 aliphatic rings. The van der Waals surface area contributed by atoms with Gasteiger partial charge in [-0.05, 0) is 111 Å². The van der Waals surface area contributed by atoms with Gasteiger partial charge in [-0.2, -0.15) is 13.2 Å². The third-order valence-electron chi connectivity index (χ3n) is 10.4. The van der Waals surface area contributed by atoms with E-state index in [2.05, 4.69) is 52.0 Å². The summed E-state index contributed by atoms with van der Waals surface area (Å²) in [6.45, 7) is 9.07. The molecule has 0 spiro atoms. The summed E-state index contributed by atoms with van der Waals surface area (Å²) in [5.74, 6) is 2.41. The van der Waals surface area contributed by atoms with Gasteiger partial charge in [-0.15, -0.1) is 0 Å². The summed E-state index contributed by atoms with van der Waals surface area (Å²) >= 11 is 0. The zero-order valence-electron chi connectivity index (χ0n) is 20.6. The van der Waals surface area contributed by atoms with Gasteiger partial charge < -0.3 is 0 Å². The maximum Gasteiger partial charge on any atom is 0.389 e. The van der Waals surface area contributed by atoms with Gasteiger partial charge in [-0.3, -0.25) is 0 Å². The molecular formula is C29H43F3. The van der Waals surface area contributed by atoms with Gasteiger partial charge in [-0.1, -0.05) is 57.0 Å². The van der Waals surface area contributed by atoms with Gasteiger partial charge in [0, 0.05) is 6.42 Å². The Morgan fingerprint density at radius 1 is 0.906 bits per heavy atom. The predicted molar refractivity (Wildman–Crippen MR) is 126 cm³/mol. The first-order valence-corrected chi connectivity index (χ1v) is 13.2. The molecule has 0 heterocycles. The normalized spacial score (nSPS) is 39.5. The number of hydrogen-bond acceptors (Lipinski definition) is 0. The summed E-state index contributed by atoms with van der Waals surface area (Å²) in [6.07, 6.45) is 6.52. The molecule has 3 aliphatic carbocycles. The standard InChI is InChI=1S/C29H43F3/c1-5-17-27(3)23(19-29(30,31)32)12-14-24-25-15-13-22(28(25,4)18-16-26(24)27)11-10-21-8-6-20(2)7-9-21/h6-9,22-26H,5,10-19H2,1-4H3. The summed E-state index contributed by atoms with van der Waals surface area (Å²) in [5, 5.41) is 0. The fraction of sp³-hybridized carbons (Fsp3) is 0.793. The maximum atomic E-state index is 13.4. The lowest BCUT2D eigenvalue weighted by molar-refractivity contribution is -0.177. The molecule has 1 aromatic carbocycles. The molecule has 7 unspecified atom stereocenters. The summed E-state index contributed by atoms with van der Waals surface area (Å²) < 4.78 is 40.3. The Morgan fingerprint density at radius 2 is 1.59 bits per heavy atom. The number of aryl methyl sites for hydroxylation is 2. The lowest BCUT2D eigenvalue weighted by Gasteiger charge is -2.59. The van der Waals surface area contributed by atoms with E-state index in [1.807, 2.05) is 0 Å². The minimum absolute atomic E-state index is 0.144. The summed E-state index contributed by atoms with van der Waals surface area (Å²) in [4.78, 5) is 0. The minimum atomic E-state index is -4.04. The molecule has 0 aliphatic heterocycles. The number of fused-ring (bicyclic) bond motifs is 3. The van der Waals surface area contributed by atoms with Crippen LogP contribution in [0.25, 0.3) is 0 Å². The van der Waals surface area contributed by atoms with Gasteiger partial charge in [0.05, 0.1) is 0 Å². The molecule has 0 aromatic heterocycles. The molecule has 32 heavy (non-hydrogen) atoms. The predicted octanol–water partition coefficient (Wildman–Crippen LogP) is 9.16. The molecule has 7 atom stereocenters. The Hall–Kier alpha value is -0.990. The lowest BCUT2D eigenvalue weighted by Crippen LogP contribution is -2.52. The van der Waals surface area contributed by atoms with Crippen molar-refractivity contribution < 1.29 is 13.2 Å². The molecule has 3 heteroatoms. The summed E-state index contributed by atoms with van der Waals surface area (Å²) in [5.41, 5.74) is 3.00. The Bertz CT molecular complexity index is 766. The number of hydrogen-bond donors (Lipinski definition) is 0. The van der Waals surface area contributed by atoms with Crippen molar-refractivity contribution >= 4 is 0 Å². The van der Waals surface area contributed by atoms with E-state index in [4.69, 9.17) is 0 Å². The monoisotopic (exact) mass is 448 g/mol. The van der Waals surface area contributed by atoms with Crippen molar-refractivity contribution in [2.75, 3.05) is 0 Å². The molecule has 0 bridgehead atoms. The van der Waals surface area contributed by atoms with Gasteiger partial charge in [0.1, 0.15) is 0 Å². The highest BCUT2D eigenvalue weighted by atomic mass is 19.4. The van der Waals surface area contributed by atoms with Crippen molar-refractivity contribution in [3.63, 3.8) is 0 Å². The molecule has 3 fully saturated rings. The van der Waals surface area contributed by atoms with Crippen LogP contribution in [0.15, 0.2) is 24.3 Å². The SMILES string of the molecule is CCCC1(C)C(CC(F)(F)F)CCC2C3CCC(CCc4ccc(C)cc4)C3(C)CCC21. The van der Waals surface area contributed by atoms with Gasteiger partial charge in [0.15, 0.2) is 0 Å². The van der Waals surface area contributed by atoms with E-state index in [1.165, 1.54) is 36.8 Å². The fourth-order valence-electron chi connectivity index (χ4n) is 8.76. The van der Waals surface area contributed by atoms with E-state index >= 15 is 0 Å². The second-order valence-electron chi connectivity index (χ2n) is 12.1. The molecule has 1 aromatic rings. The van der Waals surface area contributed by atoms with E-state index in [9.17, 15) is 13.2 Å². The molecule has 0 saturated heterocycles. The average molecular weight is 449 g/mol. The van der Waals surface area contributed by atoms with Crippen molar-refractivity contribution in [2.45, 2.75) is 105 Å². The van der Waals surface area contributed by atoms with Crippen LogP contribution in [0, 0.1) is 47.3 Å². The fourth-order valence-corrected chi connectivity index (χ4v) is 8.76. The summed E-state index contributed by atoms with van der Waals surface area (Å²) in [7, 11) is 0. The van der Waals surface area contributed by atoms with E-state index in [0.717, 1.165) is 44.4 Å². The third-order valence-corrected chi connectivity index (χ3v) is 10.4. The highest BCUT2D eigenvalue weighted by Gasteiger charge is 2.59. The van der Waals surface area contributed by atoms with Gasteiger partial charge in [-0.25, -0.2) is 0 Å². The number of halogens is 3. The van der Waals surface area contributed by atoms with Crippen LogP contribution in [0.3, 0.4) is 0 Å². The Balaban J connectivity index is 1.49. The van der Waals surface area contributed by atoms with Crippen LogP contribution in [-0.4, -0.2) is 6.18 Å². The maximum absolute atomic E-state index is 13.4. The van der Waals surface area contributed by atoms with Crippen LogP contribution in [-0.2, 0) is 6.42 Å². The van der Waals surface area contributed by atoms with Crippen molar-refractivity contribution in [1.29, 1.82) is 0 Å². The first-order chi connectivity index (χ1) is 15.1. The lowest BCUT2D eigenvalue weighted by atomic mass is 9.46. The molecule has 0 amide bonds. The van der Waals surface area contributed by atoms with Crippen molar-refractivity contribution in [3.8, 4) is 0 Å². The van der Waals surface area contributed by atoms with E-state index in [0.29, 0.717) is 23.2 Å². The van der Waals surface area contributed by atoms with Gasteiger partial charge in [0.25, 0.3) is 0 Å². The van der Waals surface area contributed by atoms with Crippen LogP contribution in [0.5, 0.6) is 0 Å². The summed E-state index contributed by atoms with van der Waals surface area (Å²) in [6, 6.07) is 8.99. The van der Waals surface area contributed by atoms with E-state index in [-0.39, 0.29) is 11.3 Å². The molecular weight excluding hydrogens is 405 g/mol. The van der Waals surface area contributed by atoms with Crippen LogP contribution < -0.4 is 0 Å². The molecule has 3 saturated carbocycles. The zero-order chi connectivity index (χ0) is 23.1. The smallest absolute Gasteiger partial charge is 0.171 e. The van der Waals surface area contributed by atoms with Crippen LogP contribution in [0.2, 0.25) is 0 Å². The van der Waals surface area contributed by atoms with Crippen molar-refractivity contribution in [1.82, 2.24) is 0 Å². The van der Waals surface area contributed by atoms with Crippen molar-refractivity contribution in [2.24, 2.45) is 40.4 Å². The molecule has 4 rings (SSSR count). The Morgan fingerprint density at radius 3 is 2.25 bits per heavy atom. The third kappa shape index (κ3) is 4.51. The second kappa shape index (κ2) is 8.99. The first-order valence-electron chi connectivity index (χ1n) is 13.2. The Labute approximate surface area is 193 Å². The number of rotatable bonds is 6. The Kier molecular flexibility index (Phi) is 6.78. The molecule has 0 nitrogen and oxygen atoms in total. The highest BCUT2D eigenvalue weighted by Crippen LogP contribution is 2.67. The molecule has 0 radical (unpaired) electrons. The largest absolute Gasteiger partial charge is 0.389 e. The number of alkyl halides is 3. The van der Waals surface area contributed by atoms with Crippen LogP contribution in [0.1, 0.15) is 96.1 Å². The molecule has 0 N–H and O–H groups in total. The zero-order valence-corrected chi connectivity index (χ0v) is 20.6. The quantitative estimate of drug-likeness (QED) is 0.407. The second-order valence-corrected chi connectivity index (χ2v) is 12.1. The van der Waals surface area contributed by atoms with Crippen LogP contribution >= 0.6 is 0 Å². The van der Waals surface area contributed by atoms with Crippen LogP contribution in [0.4, 0.5) is 13.2 Å². The average Bonchev–Trinajstić information content (AvgIpc) is 3.05. The van der Waals surface area contributed by atoms with Gasteiger partial charge in [0.2, 0.25) is 0 Å². The molecule has 180 valence electrons. The van der Waals surface area contributed by atoms with E-state index in [1.54, 1.807) is 0 Å². The minimum Gasteiger partial charge on any atom is -0.171 e. The topological polar surface area (TPSA) is 0 Å². The van der Waals surface area contributed by atoms with Gasteiger partial charge >= 0.3 is 6.18 Å². The van der Waals surface area contributed by atoms with E-state index < -0.39 is 12.6 Å².